The monoisotopic (exact) mass is 169 g/mol. The van der Waals surface area contributed by atoms with Crippen molar-refractivity contribution < 1.29 is 0 Å². The molecule has 0 heterocycles. The highest BCUT2D eigenvalue weighted by atomic mass is 15.1. The van der Waals surface area contributed by atoms with Crippen LogP contribution in [0.4, 0.5) is 0 Å². The summed E-state index contributed by atoms with van der Waals surface area (Å²) in [6.45, 7) is 8.17. The smallest absolute Gasteiger partial charge is 0.00976 e. The maximum absolute atomic E-state index is 2.54. The van der Waals surface area contributed by atoms with Gasteiger partial charge in [0.1, 0.15) is 0 Å². The van der Waals surface area contributed by atoms with Crippen LogP contribution in [0, 0.1) is 11.8 Å². The topological polar surface area (TPSA) is 3.24 Å². The molecule has 0 bridgehead atoms. The highest BCUT2D eigenvalue weighted by Gasteiger charge is 2.30. The molecule has 1 saturated carbocycles. The summed E-state index contributed by atoms with van der Waals surface area (Å²) < 4.78 is 0. The van der Waals surface area contributed by atoms with E-state index in [1.165, 1.54) is 25.8 Å². The van der Waals surface area contributed by atoms with E-state index in [0.29, 0.717) is 0 Å². The molecule has 0 aromatic carbocycles. The van der Waals surface area contributed by atoms with E-state index in [-0.39, 0.29) is 0 Å². The lowest BCUT2D eigenvalue weighted by Crippen LogP contribution is -2.43. The Hall–Kier alpha value is -0.0400. The van der Waals surface area contributed by atoms with Crippen LogP contribution >= 0.6 is 0 Å². The quantitative estimate of drug-likeness (QED) is 0.625. The van der Waals surface area contributed by atoms with Crippen molar-refractivity contribution in [3.8, 4) is 0 Å². The second kappa shape index (κ2) is 4.27. The molecule has 1 fully saturated rings. The number of nitrogens with zero attached hydrogens (tertiary/aromatic N) is 1. The van der Waals surface area contributed by atoms with E-state index in [2.05, 4.69) is 32.7 Å². The minimum Gasteiger partial charge on any atom is -0.303 e. The zero-order valence-electron chi connectivity index (χ0n) is 9.01. The molecule has 1 heteroatoms. The van der Waals surface area contributed by atoms with E-state index in [4.69, 9.17) is 0 Å². The second-order valence-electron chi connectivity index (χ2n) is 4.73. The van der Waals surface area contributed by atoms with Gasteiger partial charge in [0.15, 0.2) is 0 Å². The maximum atomic E-state index is 2.54. The largest absolute Gasteiger partial charge is 0.303 e. The summed E-state index contributed by atoms with van der Waals surface area (Å²) >= 11 is 0. The molecule has 0 aromatic heterocycles. The standard InChI is InChI=1S/C11H23N/c1-5-10-6-11(7-10)12(4)8-9(2)3/h9-11H,5-8H2,1-4H3/t10-,11-. The lowest BCUT2D eigenvalue weighted by Gasteiger charge is -2.41. The molecule has 12 heavy (non-hydrogen) atoms. The van der Waals surface area contributed by atoms with E-state index in [1.807, 2.05) is 0 Å². The fraction of sp³-hybridized carbons (Fsp3) is 1.00. The second-order valence-corrected chi connectivity index (χ2v) is 4.73. The summed E-state index contributed by atoms with van der Waals surface area (Å²) in [5, 5.41) is 0. The van der Waals surface area contributed by atoms with Gasteiger partial charge in [-0.05, 0) is 31.7 Å². The first kappa shape index (κ1) is 10.0. The van der Waals surface area contributed by atoms with Gasteiger partial charge in [0, 0.05) is 12.6 Å². The van der Waals surface area contributed by atoms with Crippen molar-refractivity contribution in [3.63, 3.8) is 0 Å². The van der Waals surface area contributed by atoms with E-state index in [9.17, 15) is 0 Å². The van der Waals surface area contributed by atoms with Crippen LogP contribution < -0.4 is 0 Å². The summed E-state index contributed by atoms with van der Waals surface area (Å²) in [6, 6.07) is 0.900. The third-order valence-electron chi connectivity index (χ3n) is 3.06. The van der Waals surface area contributed by atoms with Crippen molar-refractivity contribution in [1.82, 2.24) is 4.90 Å². The molecule has 1 nitrogen and oxygen atoms in total. The van der Waals surface area contributed by atoms with Gasteiger partial charge in [0.25, 0.3) is 0 Å². The molecule has 0 amide bonds. The Morgan fingerprint density at radius 1 is 1.33 bits per heavy atom. The van der Waals surface area contributed by atoms with E-state index < -0.39 is 0 Å². The maximum Gasteiger partial charge on any atom is 0.00976 e. The molecule has 1 aliphatic carbocycles. The Balaban J connectivity index is 2.14. The first-order valence-corrected chi connectivity index (χ1v) is 5.33. The zero-order chi connectivity index (χ0) is 9.14. The van der Waals surface area contributed by atoms with Crippen LogP contribution in [0.15, 0.2) is 0 Å². The number of rotatable bonds is 4. The molecular formula is C11H23N. The Labute approximate surface area is 77.1 Å². The van der Waals surface area contributed by atoms with Crippen LogP contribution in [0.1, 0.15) is 40.0 Å². The van der Waals surface area contributed by atoms with Gasteiger partial charge in [-0.15, -0.1) is 0 Å². The van der Waals surface area contributed by atoms with Crippen LogP contribution in [0.2, 0.25) is 0 Å². The summed E-state index contributed by atoms with van der Waals surface area (Å²) in [4.78, 5) is 2.54. The fourth-order valence-corrected chi connectivity index (χ4v) is 2.12. The molecule has 0 atom stereocenters. The average molecular weight is 169 g/mol. The third kappa shape index (κ3) is 2.48. The Kier molecular flexibility index (Phi) is 3.57. The molecule has 0 saturated heterocycles. The van der Waals surface area contributed by atoms with Crippen LogP contribution in [0.25, 0.3) is 0 Å². The van der Waals surface area contributed by atoms with E-state index >= 15 is 0 Å². The number of hydrogen-bond donors (Lipinski definition) is 0. The molecule has 0 aliphatic heterocycles. The first-order valence-electron chi connectivity index (χ1n) is 5.33. The lowest BCUT2D eigenvalue weighted by atomic mass is 9.78. The van der Waals surface area contributed by atoms with Crippen molar-refractivity contribution >= 4 is 0 Å². The summed E-state index contributed by atoms with van der Waals surface area (Å²) in [5.41, 5.74) is 0. The van der Waals surface area contributed by atoms with Crippen LogP contribution in [-0.4, -0.2) is 24.5 Å². The van der Waals surface area contributed by atoms with Crippen molar-refractivity contribution in [2.45, 2.75) is 46.1 Å². The van der Waals surface area contributed by atoms with Gasteiger partial charge >= 0.3 is 0 Å². The van der Waals surface area contributed by atoms with Crippen molar-refractivity contribution in [2.24, 2.45) is 11.8 Å². The molecule has 0 radical (unpaired) electrons. The van der Waals surface area contributed by atoms with Crippen LogP contribution in [-0.2, 0) is 0 Å². The minimum atomic E-state index is 0.815. The minimum absolute atomic E-state index is 0.815. The molecule has 0 unspecified atom stereocenters. The Bertz CT molecular complexity index is 125. The third-order valence-corrected chi connectivity index (χ3v) is 3.06. The molecule has 0 aromatic rings. The zero-order valence-corrected chi connectivity index (χ0v) is 9.01. The van der Waals surface area contributed by atoms with Crippen molar-refractivity contribution in [3.05, 3.63) is 0 Å². The van der Waals surface area contributed by atoms with Gasteiger partial charge in [-0.2, -0.15) is 0 Å². The lowest BCUT2D eigenvalue weighted by molar-refractivity contribution is 0.0894. The van der Waals surface area contributed by atoms with E-state index in [1.54, 1.807) is 0 Å². The highest BCUT2D eigenvalue weighted by Crippen LogP contribution is 2.33. The molecular weight excluding hydrogens is 146 g/mol. The molecule has 0 spiro atoms. The molecule has 1 rings (SSSR count). The van der Waals surface area contributed by atoms with Gasteiger partial charge in [-0.3, -0.25) is 0 Å². The Morgan fingerprint density at radius 2 is 1.92 bits per heavy atom. The average Bonchev–Trinajstić information content (AvgIpc) is 1.82. The first-order chi connectivity index (χ1) is 5.63. The summed E-state index contributed by atoms with van der Waals surface area (Å²) in [5.74, 6) is 1.85. The van der Waals surface area contributed by atoms with Crippen LogP contribution in [0.3, 0.4) is 0 Å². The SMILES string of the molecule is CC[C@H]1C[C@H](N(C)CC(C)C)C1. The van der Waals surface area contributed by atoms with Gasteiger partial charge in [-0.1, -0.05) is 27.2 Å². The van der Waals surface area contributed by atoms with Crippen LogP contribution in [0.5, 0.6) is 0 Å². The summed E-state index contributed by atoms with van der Waals surface area (Å²) in [7, 11) is 2.27. The molecule has 0 N–H and O–H groups in total. The molecule has 1 aliphatic rings. The normalized spacial score (nSPS) is 29.5. The number of hydrogen-bond acceptors (Lipinski definition) is 1. The highest BCUT2D eigenvalue weighted by molar-refractivity contribution is 4.85. The predicted octanol–water partition coefficient (Wildman–Crippen LogP) is 2.76. The van der Waals surface area contributed by atoms with Gasteiger partial charge in [-0.25, -0.2) is 0 Å². The van der Waals surface area contributed by atoms with Crippen molar-refractivity contribution in [2.75, 3.05) is 13.6 Å². The Morgan fingerprint density at radius 3 is 2.33 bits per heavy atom. The molecule has 72 valence electrons. The summed E-state index contributed by atoms with van der Waals surface area (Å²) in [6.07, 6.45) is 4.27. The van der Waals surface area contributed by atoms with Gasteiger partial charge in [0.05, 0.1) is 0 Å². The predicted molar refractivity (Wildman–Crippen MR) is 54.3 cm³/mol. The van der Waals surface area contributed by atoms with Gasteiger partial charge < -0.3 is 4.90 Å². The van der Waals surface area contributed by atoms with Gasteiger partial charge in [0.2, 0.25) is 0 Å². The van der Waals surface area contributed by atoms with E-state index in [0.717, 1.165) is 17.9 Å². The fourth-order valence-electron chi connectivity index (χ4n) is 2.12. The van der Waals surface area contributed by atoms with Crippen molar-refractivity contribution in [1.29, 1.82) is 0 Å².